The number of benzene rings is 2. The van der Waals surface area contributed by atoms with Gasteiger partial charge < -0.3 is 10.2 Å². The average molecular weight is 437 g/mol. The minimum Gasteiger partial charge on any atom is -0.505 e. The number of phenols is 1. The first kappa shape index (κ1) is 23.0. The molecular weight excluding hydrogens is 408 g/mol. The summed E-state index contributed by atoms with van der Waals surface area (Å²) in [6, 6.07) is 11.6. The summed E-state index contributed by atoms with van der Waals surface area (Å²) in [7, 11) is 0. The third-order valence-corrected chi connectivity index (χ3v) is 5.51. The van der Waals surface area contributed by atoms with Crippen molar-refractivity contribution in [2.75, 3.05) is 12.0 Å². The Bertz CT molecular complexity index is 1070. The van der Waals surface area contributed by atoms with Crippen LogP contribution in [0.5, 0.6) is 5.75 Å². The largest absolute Gasteiger partial charge is 0.505 e. The molecule has 0 saturated carbocycles. The van der Waals surface area contributed by atoms with Crippen LogP contribution in [-0.2, 0) is 22.4 Å². The van der Waals surface area contributed by atoms with Gasteiger partial charge in [0.25, 0.3) is 5.91 Å². The van der Waals surface area contributed by atoms with E-state index in [1.165, 1.54) is 21.7 Å². The Labute approximate surface area is 187 Å². The molecule has 0 spiro atoms. The zero-order valence-corrected chi connectivity index (χ0v) is 18.6. The van der Waals surface area contributed by atoms with Crippen molar-refractivity contribution in [2.24, 2.45) is 10.2 Å². The number of aromatic hydroxyl groups is 1. The van der Waals surface area contributed by atoms with Crippen molar-refractivity contribution in [3.8, 4) is 5.75 Å². The number of carbonyl (C=O) groups excluding carboxylic acids is 1. The highest BCUT2D eigenvalue weighted by Crippen LogP contribution is 2.29. The molecule has 0 saturated heterocycles. The maximum Gasteiger partial charge on any atom is 0.303 e. The van der Waals surface area contributed by atoms with Gasteiger partial charge in [-0.3, -0.25) is 15.0 Å². The first-order valence-electron chi connectivity index (χ1n) is 10.6. The molecule has 168 valence electrons. The number of anilines is 1. The van der Waals surface area contributed by atoms with Crippen LogP contribution in [0.2, 0.25) is 0 Å². The normalized spacial score (nSPS) is 14.7. The number of nitrogens with zero attached hydrogens (tertiary/aromatic N) is 3. The van der Waals surface area contributed by atoms with Crippen LogP contribution in [0.3, 0.4) is 0 Å². The lowest BCUT2D eigenvalue weighted by molar-refractivity contribution is -0.137. The number of hydrogen-bond acceptors (Lipinski definition) is 6. The molecule has 0 radical (unpaired) electrons. The van der Waals surface area contributed by atoms with Crippen LogP contribution >= 0.6 is 0 Å². The third-order valence-electron chi connectivity index (χ3n) is 5.51. The second kappa shape index (κ2) is 10.1. The predicted molar refractivity (Wildman–Crippen MR) is 124 cm³/mol. The van der Waals surface area contributed by atoms with Gasteiger partial charge in [0.15, 0.2) is 5.71 Å². The molecule has 1 amide bonds. The first-order valence-corrected chi connectivity index (χ1v) is 10.6. The summed E-state index contributed by atoms with van der Waals surface area (Å²) in [5.74, 6) is -1.21. The number of carboxylic acid groups (broad SMARTS) is 1. The Morgan fingerprint density at radius 3 is 2.47 bits per heavy atom. The molecule has 2 aromatic carbocycles. The van der Waals surface area contributed by atoms with E-state index < -0.39 is 11.9 Å². The van der Waals surface area contributed by atoms with Gasteiger partial charge in [0.05, 0.1) is 11.4 Å². The molecule has 8 heteroatoms. The number of hydrogen-bond donors (Lipinski definition) is 3. The number of hydrazone groups is 2. The van der Waals surface area contributed by atoms with Crippen molar-refractivity contribution in [2.45, 2.75) is 46.5 Å². The Morgan fingerprint density at radius 1 is 1.09 bits per heavy atom. The van der Waals surface area contributed by atoms with Gasteiger partial charge in [-0.15, -0.1) is 0 Å². The number of phenolic OH excluding ortho intramolecular Hbond substituents is 1. The van der Waals surface area contributed by atoms with Gasteiger partial charge in [-0.05, 0) is 68.4 Å². The molecule has 0 fully saturated rings. The molecule has 2 aromatic rings. The van der Waals surface area contributed by atoms with E-state index in [4.69, 9.17) is 5.11 Å². The molecule has 0 bridgehead atoms. The number of amides is 1. The smallest absolute Gasteiger partial charge is 0.303 e. The summed E-state index contributed by atoms with van der Waals surface area (Å²) >= 11 is 0. The molecule has 0 unspecified atom stereocenters. The number of aliphatic carboxylic acids is 1. The lowest BCUT2D eigenvalue weighted by Crippen LogP contribution is -2.29. The molecule has 1 aliphatic heterocycles. The van der Waals surface area contributed by atoms with Crippen LogP contribution in [0, 0.1) is 13.8 Å². The summed E-state index contributed by atoms with van der Waals surface area (Å²) in [6.07, 6.45) is 1.74. The maximum atomic E-state index is 12.5. The van der Waals surface area contributed by atoms with Crippen molar-refractivity contribution in [1.29, 1.82) is 0 Å². The Balaban J connectivity index is 1.68. The van der Waals surface area contributed by atoms with Crippen molar-refractivity contribution >= 4 is 29.0 Å². The predicted octanol–water partition coefficient (Wildman–Crippen LogP) is 3.65. The van der Waals surface area contributed by atoms with Crippen molar-refractivity contribution in [3.63, 3.8) is 0 Å². The van der Waals surface area contributed by atoms with Gasteiger partial charge in [-0.25, -0.2) is 5.01 Å². The molecule has 0 aromatic heterocycles. The van der Waals surface area contributed by atoms with Crippen LogP contribution in [0.4, 0.5) is 5.69 Å². The summed E-state index contributed by atoms with van der Waals surface area (Å²) in [5.41, 5.74) is 8.29. The maximum absolute atomic E-state index is 12.5. The Hall–Kier alpha value is -3.68. The fourth-order valence-corrected chi connectivity index (χ4v) is 3.71. The van der Waals surface area contributed by atoms with E-state index in [0.717, 1.165) is 12.0 Å². The first-order chi connectivity index (χ1) is 15.3. The van der Waals surface area contributed by atoms with Crippen LogP contribution < -0.4 is 5.43 Å². The zero-order valence-electron chi connectivity index (χ0n) is 18.6. The molecule has 3 N–H and O–H groups in total. The minimum atomic E-state index is -0.916. The van der Waals surface area contributed by atoms with Gasteiger partial charge in [0, 0.05) is 13.0 Å². The molecular formula is C24H28N4O4. The number of carbonyl (C=O) groups is 2. The highest BCUT2D eigenvalue weighted by Gasteiger charge is 2.29. The summed E-state index contributed by atoms with van der Waals surface area (Å²) in [4.78, 5) is 23.2. The van der Waals surface area contributed by atoms with Gasteiger partial charge in [0.2, 0.25) is 0 Å². The van der Waals surface area contributed by atoms with Crippen LogP contribution in [0.15, 0.2) is 46.6 Å². The number of para-hydroxylation sites is 1. The van der Waals surface area contributed by atoms with Crippen molar-refractivity contribution in [3.05, 3.63) is 58.7 Å². The van der Waals surface area contributed by atoms with E-state index >= 15 is 0 Å². The summed E-state index contributed by atoms with van der Waals surface area (Å²) in [6.45, 7) is 6.05. The van der Waals surface area contributed by atoms with E-state index in [1.54, 1.807) is 13.0 Å². The van der Waals surface area contributed by atoms with Gasteiger partial charge in [-0.1, -0.05) is 30.3 Å². The van der Waals surface area contributed by atoms with E-state index in [2.05, 4.69) is 41.6 Å². The molecule has 1 heterocycles. The molecule has 3 rings (SSSR count). The molecule has 8 nitrogen and oxygen atoms in total. The van der Waals surface area contributed by atoms with Crippen molar-refractivity contribution in [1.82, 2.24) is 5.01 Å². The lowest BCUT2D eigenvalue weighted by Gasteiger charge is -2.12. The number of carboxylic acids is 1. The van der Waals surface area contributed by atoms with Crippen LogP contribution in [0.25, 0.3) is 0 Å². The SMILES string of the molecule is CC1=NN(CCCC(=O)O)C(=O)/C1=N\Nc1cccc(CCc2c(C)cccc2C)c1O. The molecule has 0 aliphatic carbocycles. The monoisotopic (exact) mass is 436 g/mol. The van der Waals surface area contributed by atoms with Gasteiger partial charge >= 0.3 is 5.97 Å². The van der Waals surface area contributed by atoms with E-state index in [9.17, 15) is 14.7 Å². The second-order valence-electron chi connectivity index (χ2n) is 7.87. The summed E-state index contributed by atoms with van der Waals surface area (Å²) < 4.78 is 0. The number of nitrogens with one attached hydrogen (secondary N) is 1. The molecule has 32 heavy (non-hydrogen) atoms. The van der Waals surface area contributed by atoms with E-state index in [0.29, 0.717) is 24.2 Å². The minimum absolute atomic E-state index is 0.0359. The van der Waals surface area contributed by atoms with Crippen LogP contribution in [0.1, 0.15) is 42.0 Å². The number of aryl methyl sites for hydroxylation is 3. The molecule has 0 atom stereocenters. The topological polar surface area (TPSA) is 115 Å². The standard InChI is InChI=1S/C24H28N4O4/c1-15-7-4-8-16(2)19(15)13-12-18-9-5-10-20(23(18)31)25-26-22-17(3)27-28(24(22)32)14-6-11-21(29)30/h4-5,7-10,25,31H,6,11-14H2,1-3H3,(H,29,30)/b26-22-. The van der Waals surface area contributed by atoms with Gasteiger partial charge in [-0.2, -0.15) is 10.2 Å². The van der Waals surface area contributed by atoms with Crippen LogP contribution in [-0.4, -0.2) is 45.1 Å². The highest BCUT2D eigenvalue weighted by molar-refractivity contribution is 6.68. The van der Waals surface area contributed by atoms with E-state index in [1.807, 2.05) is 18.2 Å². The number of rotatable bonds is 9. The fourth-order valence-electron chi connectivity index (χ4n) is 3.71. The highest BCUT2D eigenvalue weighted by atomic mass is 16.4. The van der Waals surface area contributed by atoms with Crippen molar-refractivity contribution < 1.29 is 19.8 Å². The zero-order chi connectivity index (χ0) is 23.3. The second-order valence-corrected chi connectivity index (χ2v) is 7.87. The lowest BCUT2D eigenvalue weighted by atomic mass is 9.96. The Morgan fingerprint density at radius 2 is 1.78 bits per heavy atom. The van der Waals surface area contributed by atoms with E-state index in [-0.39, 0.29) is 24.4 Å². The fraction of sp³-hybridized carbons (Fsp3) is 0.333. The molecule has 1 aliphatic rings. The third kappa shape index (κ3) is 5.32. The van der Waals surface area contributed by atoms with Gasteiger partial charge in [0.1, 0.15) is 5.75 Å². The average Bonchev–Trinajstić information content (AvgIpc) is 3.00. The quantitative estimate of drug-likeness (QED) is 0.410. The Kier molecular flexibility index (Phi) is 7.25. The summed E-state index contributed by atoms with van der Waals surface area (Å²) in [5, 5.41) is 29.0.